The van der Waals surface area contributed by atoms with Gasteiger partial charge in [0.05, 0.1) is 11.2 Å². The van der Waals surface area contributed by atoms with E-state index in [4.69, 9.17) is 4.98 Å². The first-order chi connectivity index (χ1) is 12.6. The van der Waals surface area contributed by atoms with Gasteiger partial charge in [0.2, 0.25) is 0 Å². The van der Waals surface area contributed by atoms with Crippen molar-refractivity contribution in [3.63, 3.8) is 0 Å². The Labute approximate surface area is 163 Å². The second-order valence-corrected chi connectivity index (χ2v) is 7.66. The van der Waals surface area contributed by atoms with E-state index in [0.717, 1.165) is 26.8 Å². The Hall–Kier alpha value is -2.50. The molecule has 0 saturated heterocycles. The Bertz CT molecular complexity index is 1190. The minimum atomic E-state index is -0.0360. The Morgan fingerprint density at radius 2 is 1.81 bits per heavy atom. The number of nitrogens with zero attached hydrogens (tertiary/aromatic N) is 2. The summed E-state index contributed by atoms with van der Waals surface area (Å²) in [6, 6.07) is 17.7. The van der Waals surface area contributed by atoms with Crippen molar-refractivity contribution in [2.75, 3.05) is 0 Å². The molecule has 0 atom stereocenters. The van der Waals surface area contributed by atoms with Crippen LogP contribution >= 0.6 is 27.3 Å². The molecule has 0 unspecified atom stereocenters. The number of benzene rings is 2. The molecule has 4 rings (SSSR count). The number of hydrogen-bond donors (Lipinski definition) is 0. The van der Waals surface area contributed by atoms with Crippen LogP contribution in [0.15, 0.2) is 69.2 Å². The number of fused-ring (bicyclic) bond motifs is 1. The molecule has 3 nitrogen and oxygen atoms in total. The molecule has 0 aliphatic carbocycles. The van der Waals surface area contributed by atoms with Gasteiger partial charge in [-0.2, -0.15) is 0 Å². The molecule has 4 aromatic rings. The number of aryl methyl sites for hydroxylation is 1. The van der Waals surface area contributed by atoms with Crippen LogP contribution in [0.1, 0.15) is 17.0 Å². The Morgan fingerprint density at radius 1 is 1.04 bits per heavy atom. The summed E-state index contributed by atoms with van der Waals surface area (Å²) in [4.78, 5) is 17.9. The number of hydrogen-bond acceptors (Lipinski definition) is 3. The van der Waals surface area contributed by atoms with E-state index in [9.17, 15) is 4.79 Å². The van der Waals surface area contributed by atoms with E-state index < -0.39 is 0 Å². The molecule has 0 spiro atoms. The van der Waals surface area contributed by atoms with Crippen molar-refractivity contribution < 1.29 is 0 Å². The molecule has 0 fully saturated rings. The summed E-state index contributed by atoms with van der Waals surface area (Å²) in [6.07, 6.45) is 3.86. The van der Waals surface area contributed by atoms with Gasteiger partial charge < -0.3 is 0 Å². The molecular formula is C21H15BrN2OS. The van der Waals surface area contributed by atoms with Gasteiger partial charge >= 0.3 is 0 Å². The molecule has 0 aliphatic rings. The van der Waals surface area contributed by atoms with Gasteiger partial charge in [0.15, 0.2) is 0 Å². The largest absolute Gasteiger partial charge is 0.276 e. The maximum Gasteiger partial charge on any atom is 0.276 e. The Balaban J connectivity index is 1.96. The number of aromatic nitrogens is 2. The van der Waals surface area contributed by atoms with E-state index in [0.29, 0.717) is 10.5 Å². The van der Waals surface area contributed by atoms with Crippen LogP contribution in [0, 0.1) is 6.92 Å². The minimum absolute atomic E-state index is 0.0360. The minimum Gasteiger partial charge on any atom is -0.267 e. The summed E-state index contributed by atoms with van der Waals surface area (Å²) in [7, 11) is 0. The first-order valence-electron chi connectivity index (χ1n) is 8.14. The lowest BCUT2D eigenvalue weighted by Gasteiger charge is -2.12. The zero-order chi connectivity index (χ0) is 18.1. The smallest absolute Gasteiger partial charge is 0.267 e. The van der Waals surface area contributed by atoms with E-state index in [1.165, 1.54) is 11.3 Å². The van der Waals surface area contributed by atoms with Crippen molar-refractivity contribution in [1.82, 2.24) is 9.55 Å². The monoisotopic (exact) mass is 422 g/mol. The van der Waals surface area contributed by atoms with Gasteiger partial charge in [0.25, 0.3) is 5.56 Å². The fraction of sp³-hybridized carbons (Fsp3) is 0.0476. The number of halogens is 1. The quantitative estimate of drug-likeness (QED) is 0.425. The second-order valence-electron chi connectivity index (χ2n) is 5.89. The predicted molar refractivity (Wildman–Crippen MR) is 113 cm³/mol. The first kappa shape index (κ1) is 16.9. The second kappa shape index (κ2) is 7.02. The van der Waals surface area contributed by atoms with Crippen LogP contribution in [0.25, 0.3) is 28.1 Å². The average Bonchev–Trinajstić information content (AvgIpc) is 3.11. The summed E-state index contributed by atoms with van der Waals surface area (Å²) >= 11 is 4.98. The number of para-hydroxylation sites is 1. The molecule has 0 saturated carbocycles. The summed E-state index contributed by atoms with van der Waals surface area (Å²) in [5.41, 5.74) is 3.61. The van der Waals surface area contributed by atoms with Gasteiger partial charge in [0, 0.05) is 4.47 Å². The van der Waals surface area contributed by atoms with Crippen LogP contribution in [-0.2, 0) is 0 Å². The normalized spacial score (nSPS) is 11.5. The maximum atomic E-state index is 13.1. The fourth-order valence-corrected chi connectivity index (χ4v) is 4.04. The van der Waals surface area contributed by atoms with Gasteiger partial charge in [-0.25, -0.2) is 4.98 Å². The fourth-order valence-electron chi connectivity index (χ4n) is 2.86. The summed E-state index contributed by atoms with van der Waals surface area (Å²) in [5, 5.41) is 1.91. The molecule has 2 aromatic carbocycles. The predicted octanol–water partition coefficient (Wildman–Crippen LogP) is 5.69. The lowest BCUT2D eigenvalue weighted by Crippen LogP contribution is -2.22. The topological polar surface area (TPSA) is 34.9 Å². The molecule has 2 heterocycles. The van der Waals surface area contributed by atoms with E-state index in [1.54, 1.807) is 4.57 Å². The molecule has 0 bridgehead atoms. The van der Waals surface area contributed by atoms with Crippen molar-refractivity contribution in [3.8, 4) is 5.69 Å². The van der Waals surface area contributed by atoms with Gasteiger partial charge in [-0.15, -0.1) is 11.3 Å². The molecular weight excluding hydrogens is 408 g/mol. The van der Waals surface area contributed by atoms with Crippen LogP contribution in [-0.4, -0.2) is 9.55 Å². The van der Waals surface area contributed by atoms with Crippen molar-refractivity contribution in [2.45, 2.75) is 6.92 Å². The lowest BCUT2D eigenvalue weighted by molar-refractivity contribution is 0.938. The van der Waals surface area contributed by atoms with E-state index in [-0.39, 0.29) is 5.56 Å². The summed E-state index contributed by atoms with van der Waals surface area (Å²) in [5.74, 6) is 0.617. The van der Waals surface area contributed by atoms with Gasteiger partial charge in [-0.05, 0) is 47.7 Å². The highest BCUT2D eigenvalue weighted by atomic mass is 79.9. The first-order valence-corrected chi connectivity index (χ1v) is 9.81. The summed E-state index contributed by atoms with van der Waals surface area (Å²) < 4.78 is 3.37. The van der Waals surface area contributed by atoms with Crippen molar-refractivity contribution in [3.05, 3.63) is 91.8 Å². The highest BCUT2D eigenvalue weighted by molar-refractivity contribution is 9.10. The lowest BCUT2D eigenvalue weighted by atomic mass is 10.2. The zero-order valence-electron chi connectivity index (χ0n) is 14.0. The molecule has 0 N–H and O–H groups in total. The molecule has 5 heteroatoms. The maximum absolute atomic E-state index is 13.1. The number of thiophene rings is 1. The van der Waals surface area contributed by atoms with Gasteiger partial charge in [-0.1, -0.05) is 58.4 Å². The van der Waals surface area contributed by atoms with Crippen molar-refractivity contribution in [1.29, 1.82) is 0 Å². The third kappa shape index (κ3) is 3.04. The highest BCUT2D eigenvalue weighted by Crippen LogP contribution is 2.22. The Kier molecular flexibility index (Phi) is 4.57. The number of rotatable bonds is 3. The van der Waals surface area contributed by atoms with Crippen LogP contribution in [0.2, 0.25) is 0 Å². The van der Waals surface area contributed by atoms with Crippen molar-refractivity contribution >= 4 is 49.6 Å². The molecule has 0 amide bonds. The average molecular weight is 423 g/mol. The van der Waals surface area contributed by atoms with Crippen LogP contribution < -0.4 is 5.56 Å². The van der Waals surface area contributed by atoms with Gasteiger partial charge in [0.1, 0.15) is 10.5 Å². The van der Waals surface area contributed by atoms with Crippen LogP contribution in [0.3, 0.4) is 0 Å². The van der Waals surface area contributed by atoms with Gasteiger partial charge in [-0.3, -0.25) is 9.36 Å². The summed E-state index contributed by atoms with van der Waals surface area (Å²) in [6.45, 7) is 2.00. The van der Waals surface area contributed by atoms with Crippen LogP contribution in [0.4, 0.5) is 0 Å². The standard InChI is InChI=1S/C21H15BrN2OS/c1-14-6-2-5-9-18(14)24-19(11-10-15-7-3-4-8-16(15)22)23-17-12-13-26-20(17)21(24)25/h2-13H,1H3. The SMILES string of the molecule is Cc1ccccc1-n1c(C=Cc2ccccc2Br)nc2ccsc2c1=O. The zero-order valence-corrected chi connectivity index (χ0v) is 16.4. The Morgan fingerprint density at radius 3 is 2.62 bits per heavy atom. The van der Waals surface area contributed by atoms with E-state index >= 15 is 0 Å². The van der Waals surface area contributed by atoms with Crippen molar-refractivity contribution in [2.24, 2.45) is 0 Å². The van der Waals surface area contributed by atoms with E-state index in [1.807, 2.05) is 79.1 Å². The third-order valence-electron chi connectivity index (χ3n) is 4.18. The molecule has 26 heavy (non-hydrogen) atoms. The highest BCUT2D eigenvalue weighted by Gasteiger charge is 2.13. The molecule has 0 aliphatic heterocycles. The molecule has 128 valence electrons. The van der Waals surface area contributed by atoms with Crippen LogP contribution in [0.5, 0.6) is 0 Å². The van der Waals surface area contributed by atoms with E-state index in [2.05, 4.69) is 15.9 Å². The molecule has 0 radical (unpaired) electrons. The molecule has 2 aromatic heterocycles. The third-order valence-corrected chi connectivity index (χ3v) is 5.79.